The standard InChI is InChI=1S/C11H7ClF2N2O2S/c12-10-2-1-7(19-10)5-15-11-8(14)3-6(13)4-9(11)16(17)18/h1-4,15H,5H2. The molecule has 0 fully saturated rings. The van der Waals surface area contributed by atoms with Gasteiger partial charge in [0.05, 0.1) is 15.3 Å². The summed E-state index contributed by atoms with van der Waals surface area (Å²) >= 11 is 7.00. The fourth-order valence-electron chi connectivity index (χ4n) is 1.50. The maximum atomic E-state index is 13.5. The molecule has 0 amide bonds. The van der Waals surface area contributed by atoms with Crippen molar-refractivity contribution in [1.82, 2.24) is 0 Å². The number of nitrogens with zero attached hydrogens (tertiary/aromatic N) is 1. The van der Waals surface area contributed by atoms with Crippen LogP contribution in [0.3, 0.4) is 0 Å². The van der Waals surface area contributed by atoms with Crippen molar-refractivity contribution in [3.8, 4) is 0 Å². The van der Waals surface area contributed by atoms with E-state index >= 15 is 0 Å². The van der Waals surface area contributed by atoms with E-state index in [-0.39, 0.29) is 12.2 Å². The van der Waals surface area contributed by atoms with Crippen LogP contribution in [0.15, 0.2) is 24.3 Å². The van der Waals surface area contributed by atoms with Gasteiger partial charge < -0.3 is 5.32 Å². The number of nitrogens with one attached hydrogen (secondary N) is 1. The van der Waals surface area contributed by atoms with Gasteiger partial charge in [0.15, 0.2) is 5.82 Å². The fourth-order valence-corrected chi connectivity index (χ4v) is 2.53. The third-order valence-electron chi connectivity index (χ3n) is 2.30. The summed E-state index contributed by atoms with van der Waals surface area (Å²) < 4.78 is 27.1. The predicted molar refractivity (Wildman–Crippen MR) is 69.7 cm³/mol. The van der Waals surface area contributed by atoms with Crippen molar-refractivity contribution in [2.24, 2.45) is 0 Å². The third-order valence-corrected chi connectivity index (χ3v) is 3.53. The molecule has 1 heterocycles. The minimum absolute atomic E-state index is 0.167. The molecule has 1 N–H and O–H groups in total. The van der Waals surface area contributed by atoms with Gasteiger partial charge in [0, 0.05) is 17.5 Å². The zero-order valence-electron chi connectivity index (χ0n) is 9.32. The van der Waals surface area contributed by atoms with Crippen molar-refractivity contribution in [3.63, 3.8) is 0 Å². The molecule has 0 aliphatic rings. The number of nitro benzene ring substituents is 1. The molecule has 1 aromatic carbocycles. The molecule has 0 saturated carbocycles. The number of halogens is 3. The predicted octanol–water partition coefficient (Wildman–Crippen LogP) is 4.20. The molecule has 4 nitrogen and oxygen atoms in total. The van der Waals surface area contributed by atoms with Crippen molar-refractivity contribution in [3.05, 3.63) is 55.2 Å². The highest BCUT2D eigenvalue weighted by molar-refractivity contribution is 7.16. The Kier molecular flexibility index (Phi) is 3.96. The van der Waals surface area contributed by atoms with Crippen LogP contribution < -0.4 is 5.32 Å². The Hall–Kier alpha value is -1.73. The van der Waals surface area contributed by atoms with Gasteiger partial charge in [-0.15, -0.1) is 11.3 Å². The number of hydrogen-bond donors (Lipinski definition) is 1. The van der Waals surface area contributed by atoms with Gasteiger partial charge in [0.2, 0.25) is 0 Å². The average Bonchev–Trinajstić information content (AvgIpc) is 2.73. The Labute approximate surface area is 115 Å². The first-order valence-electron chi connectivity index (χ1n) is 5.09. The van der Waals surface area contributed by atoms with Crippen molar-refractivity contribution >= 4 is 34.3 Å². The molecule has 0 unspecified atom stereocenters. The molecule has 2 rings (SSSR count). The molecular formula is C11H7ClF2N2O2S. The van der Waals surface area contributed by atoms with E-state index in [1.165, 1.54) is 11.3 Å². The molecule has 19 heavy (non-hydrogen) atoms. The molecule has 100 valence electrons. The minimum atomic E-state index is -1.01. The van der Waals surface area contributed by atoms with Gasteiger partial charge in [-0.1, -0.05) is 11.6 Å². The molecule has 2 aromatic rings. The Morgan fingerprint density at radius 2 is 2.11 bits per heavy atom. The number of hydrogen-bond acceptors (Lipinski definition) is 4. The number of thiophene rings is 1. The molecule has 0 spiro atoms. The van der Waals surface area contributed by atoms with Crippen LogP contribution in [0.5, 0.6) is 0 Å². The van der Waals surface area contributed by atoms with E-state index in [1.807, 2.05) is 0 Å². The highest BCUT2D eigenvalue weighted by Gasteiger charge is 2.20. The van der Waals surface area contributed by atoms with Crippen LogP contribution in [-0.4, -0.2) is 4.92 Å². The van der Waals surface area contributed by atoms with E-state index in [9.17, 15) is 18.9 Å². The van der Waals surface area contributed by atoms with Crippen molar-refractivity contribution in [2.45, 2.75) is 6.54 Å². The van der Waals surface area contributed by atoms with Gasteiger partial charge in [-0.3, -0.25) is 10.1 Å². The van der Waals surface area contributed by atoms with E-state index in [2.05, 4.69) is 5.32 Å². The Bertz CT molecular complexity index is 633. The number of rotatable bonds is 4. The summed E-state index contributed by atoms with van der Waals surface area (Å²) in [6.07, 6.45) is 0. The van der Waals surface area contributed by atoms with Crippen LogP contribution in [0.4, 0.5) is 20.2 Å². The number of benzene rings is 1. The van der Waals surface area contributed by atoms with E-state index in [1.54, 1.807) is 12.1 Å². The van der Waals surface area contributed by atoms with Crippen LogP contribution in [0, 0.1) is 21.7 Å². The molecule has 0 atom stereocenters. The van der Waals surface area contributed by atoms with E-state index in [0.29, 0.717) is 16.5 Å². The summed E-state index contributed by atoms with van der Waals surface area (Å²) in [7, 11) is 0. The summed E-state index contributed by atoms with van der Waals surface area (Å²) in [6, 6.07) is 4.65. The summed E-state index contributed by atoms with van der Waals surface area (Å²) in [5, 5.41) is 13.3. The Morgan fingerprint density at radius 3 is 2.68 bits per heavy atom. The van der Waals surface area contributed by atoms with Gasteiger partial charge in [-0.05, 0) is 12.1 Å². The summed E-state index contributed by atoms with van der Waals surface area (Å²) in [5.41, 5.74) is -0.976. The lowest BCUT2D eigenvalue weighted by Gasteiger charge is -2.07. The number of anilines is 1. The highest BCUT2D eigenvalue weighted by Crippen LogP contribution is 2.30. The molecule has 1 aromatic heterocycles. The van der Waals surface area contributed by atoms with Crippen molar-refractivity contribution < 1.29 is 13.7 Å². The second kappa shape index (κ2) is 5.50. The smallest absolute Gasteiger partial charge is 0.298 e. The first-order valence-corrected chi connectivity index (χ1v) is 6.28. The van der Waals surface area contributed by atoms with Crippen LogP contribution in [0.2, 0.25) is 4.34 Å². The second-order valence-electron chi connectivity index (χ2n) is 3.60. The van der Waals surface area contributed by atoms with Gasteiger partial charge in [0.1, 0.15) is 11.5 Å². The summed E-state index contributed by atoms with van der Waals surface area (Å²) in [4.78, 5) is 10.7. The molecule has 0 aliphatic carbocycles. The number of nitro groups is 1. The first-order chi connectivity index (χ1) is 8.97. The van der Waals surface area contributed by atoms with E-state index in [0.717, 1.165) is 4.88 Å². The topological polar surface area (TPSA) is 55.2 Å². The zero-order chi connectivity index (χ0) is 14.0. The summed E-state index contributed by atoms with van der Waals surface area (Å²) in [6.45, 7) is 0.167. The van der Waals surface area contributed by atoms with E-state index in [4.69, 9.17) is 11.6 Å². The third kappa shape index (κ3) is 3.18. The Balaban J connectivity index is 2.26. The van der Waals surface area contributed by atoms with Crippen LogP contribution >= 0.6 is 22.9 Å². The Morgan fingerprint density at radius 1 is 1.37 bits per heavy atom. The maximum absolute atomic E-state index is 13.5. The lowest BCUT2D eigenvalue weighted by molar-refractivity contribution is -0.384. The normalized spacial score (nSPS) is 10.5. The molecule has 0 radical (unpaired) electrons. The molecule has 0 aliphatic heterocycles. The minimum Gasteiger partial charge on any atom is -0.372 e. The van der Waals surface area contributed by atoms with Crippen LogP contribution in [0.1, 0.15) is 4.88 Å². The monoisotopic (exact) mass is 304 g/mol. The van der Waals surface area contributed by atoms with Crippen molar-refractivity contribution in [2.75, 3.05) is 5.32 Å². The fraction of sp³-hybridized carbons (Fsp3) is 0.0909. The molecule has 0 bridgehead atoms. The first kappa shape index (κ1) is 13.7. The largest absolute Gasteiger partial charge is 0.372 e. The second-order valence-corrected chi connectivity index (χ2v) is 5.40. The van der Waals surface area contributed by atoms with E-state index < -0.39 is 22.2 Å². The maximum Gasteiger partial charge on any atom is 0.298 e. The SMILES string of the molecule is O=[N+]([O-])c1cc(F)cc(F)c1NCc1ccc(Cl)s1. The van der Waals surface area contributed by atoms with Gasteiger partial charge in [-0.2, -0.15) is 0 Å². The quantitative estimate of drug-likeness (QED) is 0.680. The van der Waals surface area contributed by atoms with Crippen LogP contribution in [0.25, 0.3) is 0 Å². The summed E-state index contributed by atoms with van der Waals surface area (Å²) in [5.74, 6) is -2.00. The molecular weight excluding hydrogens is 298 g/mol. The molecule has 0 saturated heterocycles. The lowest BCUT2D eigenvalue weighted by atomic mass is 10.2. The molecule has 8 heteroatoms. The van der Waals surface area contributed by atoms with Crippen molar-refractivity contribution in [1.29, 1.82) is 0 Å². The van der Waals surface area contributed by atoms with Gasteiger partial charge in [-0.25, -0.2) is 8.78 Å². The van der Waals surface area contributed by atoms with Gasteiger partial charge in [0.25, 0.3) is 5.69 Å². The van der Waals surface area contributed by atoms with Crippen LogP contribution in [-0.2, 0) is 6.54 Å². The zero-order valence-corrected chi connectivity index (χ0v) is 10.9. The highest BCUT2D eigenvalue weighted by atomic mass is 35.5. The average molecular weight is 305 g/mol. The van der Waals surface area contributed by atoms with Gasteiger partial charge >= 0.3 is 0 Å². The lowest BCUT2D eigenvalue weighted by Crippen LogP contribution is -2.04.